The van der Waals surface area contributed by atoms with E-state index < -0.39 is 12.0 Å². The van der Waals surface area contributed by atoms with E-state index in [0.29, 0.717) is 25.2 Å². The molecule has 0 bridgehead atoms. The Morgan fingerprint density at radius 3 is 2.57 bits per heavy atom. The quantitative estimate of drug-likeness (QED) is 0.739. The van der Waals surface area contributed by atoms with Crippen molar-refractivity contribution in [3.05, 3.63) is 75.2 Å². The zero-order valence-electron chi connectivity index (χ0n) is 20.0. The number of benzene rings is 1. The normalized spacial score (nSPS) is 27.1. The van der Waals surface area contributed by atoms with Crippen LogP contribution in [0.2, 0.25) is 0 Å². The topological polar surface area (TPSA) is 82.8 Å². The molecule has 7 heteroatoms. The van der Waals surface area contributed by atoms with Crippen molar-refractivity contribution in [1.29, 1.82) is 0 Å². The maximum atomic E-state index is 14.0. The van der Waals surface area contributed by atoms with Crippen LogP contribution in [0.4, 0.5) is 0 Å². The Hall–Kier alpha value is -3.19. The number of amides is 2. The van der Waals surface area contributed by atoms with E-state index in [0.717, 1.165) is 30.5 Å². The summed E-state index contributed by atoms with van der Waals surface area (Å²) < 4.78 is 1.75. The van der Waals surface area contributed by atoms with Crippen molar-refractivity contribution in [3.63, 3.8) is 0 Å². The van der Waals surface area contributed by atoms with Crippen LogP contribution in [0.1, 0.15) is 48.2 Å². The number of aliphatic hydroxyl groups is 1. The molecular weight excluding hydrogens is 442 g/mol. The molecule has 7 nitrogen and oxygen atoms in total. The largest absolute Gasteiger partial charge is 0.396 e. The van der Waals surface area contributed by atoms with Crippen LogP contribution in [0.5, 0.6) is 0 Å². The van der Waals surface area contributed by atoms with Gasteiger partial charge in [0.2, 0.25) is 11.8 Å². The number of rotatable bonds is 4. The molecule has 3 aliphatic heterocycles. The summed E-state index contributed by atoms with van der Waals surface area (Å²) in [6, 6.07) is 10.8. The van der Waals surface area contributed by atoms with Gasteiger partial charge in [0, 0.05) is 55.3 Å². The van der Waals surface area contributed by atoms with Gasteiger partial charge in [-0.15, -0.1) is 0 Å². The van der Waals surface area contributed by atoms with E-state index in [9.17, 15) is 19.5 Å². The van der Waals surface area contributed by atoms with Gasteiger partial charge in [-0.05, 0) is 49.4 Å². The summed E-state index contributed by atoms with van der Waals surface area (Å²) in [5.41, 5.74) is 3.70. The number of fused-ring (bicyclic) bond motifs is 4. The lowest BCUT2D eigenvalue weighted by Crippen LogP contribution is -2.53. The molecule has 1 aromatic carbocycles. The lowest BCUT2D eigenvalue weighted by atomic mass is 9.87. The van der Waals surface area contributed by atoms with Crippen LogP contribution in [0.25, 0.3) is 6.08 Å². The van der Waals surface area contributed by atoms with Crippen LogP contribution < -0.4 is 5.56 Å². The fraction of sp³-hybridized carbons (Fsp3) is 0.464. The summed E-state index contributed by atoms with van der Waals surface area (Å²) in [4.78, 5) is 44.4. The van der Waals surface area contributed by atoms with Crippen LogP contribution in [-0.4, -0.2) is 50.5 Å². The summed E-state index contributed by atoms with van der Waals surface area (Å²) in [5.74, 6) is -0.723. The Balaban J connectivity index is 1.39. The Morgan fingerprint density at radius 1 is 1.09 bits per heavy atom. The monoisotopic (exact) mass is 473 g/mol. The summed E-state index contributed by atoms with van der Waals surface area (Å²) in [7, 11) is 0. The van der Waals surface area contributed by atoms with Crippen LogP contribution in [-0.2, 0) is 29.1 Å². The second kappa shape index (κ2) is 8.48. The van der Waals surface area contributed by atoms with E-state index >= 15 is 0 Å². The molecule has 6 rings (SSSR count). The molecule has 0 unspecified atom stereocenters. The molecular formula is C28H31N3O4. The number of carbonyl (C=O) groups excluding carboxylic acids is 2. The first-order valence-corrected chi connectivity index (χ1v) is 12.7. The zero-order chi connectivity index (χ0) is 24.3. The van der Waals surface area contributed by atoms with E-state index in [4.69, 9.17) is 0 Å². The van der Waals surface area contributed by atoms with Gasteiger partial charge in [0.05, 0.1) is 6.04 Å². The van der Waals surface area contributed by atoms with Gasteiger partial charge >= 0.3 is 0 Å². The Kier molecular flexibility index (Phi) is 5.40. The summed E-state index contributed by atoms with van der Waals surface area (Å²) >= 11 is 0. The van der Waals surface area contributed by atoms with Gasteiger partial charge in [-0.25, -0.2) is 0 Å². The highest BCUT2D eigenvalue weighted by atomic mass is 16.3. The van der Waals surface area contributed by atoms with E-state index in [-0.39, 0.29) is 41.9 Å². The third-order valence-corrected chi connectivity index (χ3v) is 8.33. The SMILES string of the molecule is CC=Cc1ccc2n(c1=O)C[C@@H]1[C@@H](CO)[C@H](C(=O)N3CCc4ccccc4C3)N(C(=O)C3CC3)[C@H]21. The lowest BCUT2D eigenvalue weighted by Gasteiger charge is -2.37. The molecule has 1 saturated heterocycles. The molecule has 182 valence electrons. The van der Waals surface area contributed by atoms with Crippen molar-refractivity contribution in [2.75, 3.05) is 13.2 Å². The number of hydrogen-bond acceptors (Lipinski definition) is 4. The number of carbonyl (C=O) groups is 2. The minimum Gasteiger partial charge on any atom is -0.396 e. The average molecular weight is 474 g/mol. The first kappa shape index (κ1) is 22.3. The highest BCUT2D eigenvalue weighted by Crippen LogP contribution is 2.51. The third-order valence-electron chi connectivity index (χ3n) is 8.33. The fourth-order valence-electron chi connectivity index (χ4n) is 6.45. The molecule has 35 heavy (non-hydrogen) atoms. The number of pyridine rings is 1. The predicted molar refractivity (Wildman–Crippen MR) is 131 cm³/mol. The second-order valence-electron chi connectivity index (χ2n) is 10.3. The molecule has 1 saturated carbocycles. The minimum atomic E-state index is -0.701. The van der Waals surface area contributed by atoms with Gasteiger partial charge in [-0.3, -0.25) is 14.4 Å². The van der Waals surface area contributed by atoms with E-state index in [1.54, 1.807) is 21.6 Å². The highest BCUT2D eigenvalue weighted by Gasteiger charge is 2.59. The highest BCUT2D eigenvalue weighted by molar-refractivity contribution is 5.91. The van der Waals surface area contributed by atoms with Gasteiger partial charge in [0.25, 0.3) is 5.56 Å². The molecule has 1 aliphatic carbocycles. The molecule has 4 atom stereocenters. The Morgan fingerprint density at radius 2 is 1.86 bits per heavy atom. The standard InChI is InChI=1S/C28H31N3O4/c1-2-5-18-10-11-23-24-21(15-30(23)26(18)33)22(16-32)25(31(24)27(34)19-8-9-19)28(35)29-13-12-17-6-3-4-7-20(17)14-29/h2-7,10-11,19,21-22,24-25,32H,8-9,12-16H2,1H3/t21-,22-,24+,25-/m1/s1. The number of hydrogen-bond donors (Lipinski definition) is 1. The lowest BCUT2D eigenvalue weighted by molar-refractivity contribution is -0.148. The predicted octanol–water partition coefficient (Wildman–Crippen LogP) is 2.37. The van der Waals surface area contributed by atoms with Crippen molar-refractivity contribution in [2.45, 2.75) is 51.4 Å². The van der Waals surface area contributed by atoms with E-state index in [2.05, 4.69) is 12.1 Å². The fourth-order valence-corrected chi connectivity index (χ4v) is 6.45. The van der Waals surface area contributed by atoms with Crippen LogP contribution in [0, 0.1) is 17.8 Å². The van der Waals surface area contributed by atoms with Crippen molar-refractivity contribution < 1.29 is 14.7 Å². The van der Waals surface area contributed by atoms with Gasteiger partial charge in [-0.1, -0.05) is 36.4 Å². The van der Waals surface area contributed by atoms with Gasteiger partial charge < -0.3 is 19.5 Å². The van der Waals surface area contributed by atoms with E-state index in [1.807, 2.05) is 36.1 Å². The molecule has 2 fully saturated rings. The van der Waals surface area contributed by atoms with Crippen molar-refractivity contribution in [3.8, 4) is 0 Å². The minimum absolute atomic E-state index is 0.00913. The number of aromatic nitrogens is 1. The molecule has 0 radical (unpaired) electrons. The first-order chi connectivity index (χ1) is 17.0. The maximum Gasteiger partial charge on any atom is 0.258 e. The number of allylic oxidation sites excluding steroid dienone is 1. The van der Waals surface area contributed by atoms with Crippen LogP contribution in [0.3, 0.4) is 0 Å². The summed E-state index contributed by atoms with van der Waals surface area (Å²) in [6.45, 7) is 3.22. The first-order valence-electron chi connectivity index (χ1n) is 12.7. The third kappa shape index (κ3) is 3.47. The molecule has 2 aromatic rings. The molecule has 2 amide bonds. The molecule has 4 heterocycles. The van der Waals surface area contributed by atoms with Crippen molar-refractivity contribution >= 4 is 17.9 Å². The van der Waals surface area contributed by atoms with Crippen LogP contribution in [0.15, 0.2) is 47.3 Å². The summed E-state index contributed by atoms with van der Waals surface area (Å²) in [5, 5.41) is 10.5. The van der Waals surface area contributed by atoms with Gasteiger partial charge in [0.15, 0.2) is 0 Å². The second-order valence-corrected chi connectivity index (χ2v) is 10.3. The molecule has 0 spiro atoms. The smallest absolute Gasteiger partial charge is 0.258 e. The van der Waals surface area contributed by atoms with E-state index in [1.165, 1.54) is 5.56 Å². The van der Waals surface area contributed by atoms with Crippen molar-refractivity contribution in [1.82, 2.24) is 14.4 Å². The van der Waals surface area contributed by atoms with Crippen molar-refractivity contribution in [2.24, 2.45) is 17.8 Å². The molecule has 4 aliphatic rings. The molecule has 1 aromatic heterocycles. The van der Waals surface area contributed by atoms with Crippen LogP contribution >= 0.6 is 0 Å². The Labute approximate surface area is 204 Å². The maximum absolute atomic E-state index is 14.0. The Bertz CT molecular complexity index is 1280. The average Bonchev–Trinajstić information content (AvgIpc) is 3.59. The van der Waals surface area contributed by atoms with Gasteiger partial charge in [-0.2, -0.15) is 0 Å². The zero-order valence-corrected chi connectivity index (χ0v) is 20.0. The summed E-state index contributed by atoms with van der Waals surface area (Å²) in [6.07, 6.45) is 6.09. The number of nitrogens with zero attached hydrogens (tertiary/aromatic N) is 3. The molecule has 1 N–H and O–H groups in total. The number of aliphatic hydroxyl groups excluding tert-OH is 1. The van der Waals surface area contributed by atoms with Gasteiger partial charge in [0.1, 0.15) is 6.04 Å². The number of likely N-dealkylation sites (tertiary alicyclic amines) is 1.